The van der Waals surface area contributed by atoms with E-state index in [1.807, 2.05) is 42.5 Å². The lowest BCUT2D eigenvalue weighted by molar-refractivity contribution is -0.139. The topological polar surface area (TPSA) is 100 Å². The molecule has 2 aromatic carbocycles. The van der Waals surface area contributed by atoms with Gasteiger partial charge in [0, 0.05) is 32.0 Å². The summed E-state index contributed by atoms with van der Waals surface area (Å²) in [6.07, 6.45) is 2.91. The van der Waals surface area contributed by atoms with Gasteiger partial charge < -0.3 is 14.5 Å². The van der Waals surface area contributed by atoms with Gasteiger partial charge in [-0.25, -0.2) is 0 Å². The Morgan fingerprint density at radius 2 is 1.54 bits per heavy atom. The van der Waals surface area contributed by atoms with Crippen molar-refractivity contribution in [3.63, 3.8) is 0 Å². The first-order valence-electron chi connectivity index (χ1n) is 12.0. The quantitative estimate of drug-likeness (QED) is 0.463. The number of pyridine rings is 1. The van der Waals surface area contributed by atoms with Crippen molar-refractivity contribution < 1.29 is 23.9 Å². The summed E-state index contributed by atoms with van der Waals surface area (Å²) in [6.45, 7) is 0.498. The van der Waals surface area contributed by atoms with Crippen molar-refractivity contribution in [1.82, 2.24) is 19.7 Å². The Hall–Kier alpha value is -4.37. The highest BCUT2D eigenvalue weighted by atomic mass is 16.5. The second-order valence-electron chi connectivity index (χ2n) is 9.07. The number of hydrogen-bond acceptors (Lipinski definition) is 6. The van der Waals surface area contributed by atoms with Gasteiger partial charge in [0.05, 0.1) is 30.4 Å². The Morgan fingerprint density at radius 3 is 2.22 bits per heavy atom. The zero-order valence-electron chi connectivity index (χ0n) is 20.2. The fraction of sp³-hybridized carbons (Fsp3) is 0.250. The van der Waals surface area contributed by atoms with Crippen LogP contribution in [0.25, 0.3) is 0 Å². The first-order chi connectivity index (χ1) is 18.0. The van der Waals surface area contributed by atoms with Gasteiger partial charge >= 0.3 is 0 Å². The normalized spacial score (nSPS) is 17.7. The van der Waals surface area contributed by atoms with Crippen molar-refractivity contribution in [3.8, 4) is 0 Å². The smallest absolute Gasteiger partial charge is 0.262 e. The number of imide groups is 1. The third-order valence-corrected chi connectivity index (χ3v) is 6.48. The first-order valence-corrected chi connectivity index (χ1v) is 12.0. The van der Waals surface area contributed by atoms with E-state index in [1.165, 1.54) is 4.90 Å². The van der Waals surface area contributed by atoms with E-state index in [4.69, 9.17) is 4.74 Å². The molecule has 1 aromatic heterocycles. The summed E-state index contributed by atoms with van der Waals surface area (Å²) in [5, 5.41) is 0. The number of benzene rings is 2. The highest BCUT2D eigenvalue weighted by Gasteiger charge is 2.38. The van der Waals surface area contributed by atoms with Gasteiger partial charge in [0.15, 0.2) is 0 Å². The third kappa shape index (κ3) is 5.41. The van der Waals surface area contributed by atoms with Gasteiger partial charge in [-0.2, -0.15) is 0 Å². The van der Waals surface area contributed by atoms with Crippen LogP contribution in [0.2, 0.25) is 0 Å². The molecule has 2 aliphatic rings. The lowest BCUT2D eigenvalue weighted by Crippen LogP contribution is -2.46. The molecule has 0 N–H and O–H groups in total. The number of ether oxygens (including phenoxy) is 1. The SMILES string of the molecule is O=C(CN1C(=O)c2ccccc2C1=O)N1CC(=O)N(Cc2ccccc2)C[C@@H](OCc2cccnc2)C1. The number of carbonyl (C=O) groups excluding carboxylic acids is 4. The Morgan fingerprint density at radius 1 is 0.865 bits per heavy atom. The Bertz CT molecular complexity index is 1280. The highest BCUT2D eigenvalue weighted by molar-refractivity contribution is 6.22. The Labute approximate surface area is 214 Å². The van der Waals surface area contributed by atoms with Crippen molar-refractivity contribution in [2.45, 2.75) is 19.3 Å². The fourth-order valence-corrected chi connectivity index (χ4v) is 4.55. The number of fused-ring (bicyclic) bond motifs is 1. The van der Waals surface area contributed by atoms with Crippen molar-refractivity contribution in [2.75, 3.05) is 26.2 Å². The Kier molecular flexibility index (Phi) is 7.04. The van der Waals surface area contributed by atoms with Gasteiger partial charge in [-0.05, 0) is 29.3 Å². The standard InChI is InChI=1S/C28H26N4O5/c33-25-17-31(26(34)18-32-27(35)23-10-4-5-11-24(23)28(32)36)16-22(37-19-21-9-6-12-29-13-21)15-30(25)14-20-7-2-1-3-8-20/h1-13,22H,14-19H2/t22-/m1/s1. The highest BCUT2D eigenvalue weighted by Crippen LogP contribution is 2.23. The van der Waals surface area contributed by atoms with Crippen molar-refractivity contribution >= 4 is 23.6 Å². The summed E-state index contributed by atoms with van der Waals surface area (Å²) in [5.41, 5.74) is 2.39. The summed E-state index contributed by atoms with van der Waals surface area (Å²) in [6, 6.07) is 19.8. The zero-order valence-corrected chi connectivity index (χ0v) is 20.2. The molecule has 0 spiro atoms. The molecule has 0 aliphatic carbocycles. The Balaban J connectivity index is 1.32. The van der Waals surface area contributed by atoms with E-state index in [-0.39, 0.29) is 36.7 Å². The van der Waals surface area contributed by atoms with Crippen LogP contribution in [0.4, 0.5) is 0 Å². The zero-order chi connectivity index (χ0) is 25.8. The minimum atomic E-state index is -0.509. The first kappa shape index (κ1) is 24.3. The largest absolute Gasteiger partial charge is 0.370 e. The molecule has 2 aliphatic heterocycles. The van der Waals surface area contributed by atoms with Crippen LogP contribution in [0.5, 0.6) is 0 Å². The molecule has 9 nitrogen and oxygen atoms in total. The summed E-state index contributed by atoms with van der Waals surface area (Å²) in [7, 11) is 0. The van der Waals surface area contributed by atoms with E-state index in [0.29, 0.717) is 13.1 Å². The predicted molar refractivity (Wildman–Crippen MR) is 133 cm³/mol. The molecule has 5 rings (SSSR count). The monoisotopic (exact) mass is 498 g/mol. The molecular formula is C28H26N4O5. The van der Waals surface area contributed by atoms with Crippen LogP contribution in [-0.2, 0) is 27.5 Å². The van der Waals surface area contributed by atoms with Gasteiger partial charge in [-0.1, -0.05) is 48.5 Å². The van der Waals surface area contributed by atoms with Crippen molar-refractivity contribution in [1.29, 1.82) is 0 Å². The summed E-state index contributed by atoms with van der Waals surface area (Å²) in [5.74, 6) is -1.73. The van der Waals surface area contributed by atoms with Gasteiger partial charge in [0.1, 0.15) is 6.54 Å². The molecule has 0 bridgehead atoms. The minimum Gasteiger partial charge on any atom is -0.370 e. The summed E-state index contributed by atoms with van der Waals surface area (Å²) >= 11 is 0. The molecule has 3 heterocycles. The number of amides is 4. The second-order valence-corrected chi connectivity index (χ2v) is 9.07. The van der Waals surface area contributed by atoms with Crippen molar-refractivity contribution in [3.05, 3.63) is 101 Å². The minimum absolute atomic E-state index is 0.152. The van der Waals surface area contributed by atoms with Crippen LogP contribution in [0.15, 0.2) is 79.1 Å². The maximum Gasteiger partial charge on any atom is 0.262 e. The average molecular weight is 499 g/mol. The molecule has 1 saturated heterocycles. The molecule has 0 unspecified atom stereocenters. The lowest BCUT2D eigenvalue weighted by Gasteiger charge is -2.25. The third-order valence-electron chi connectivity index (χ3n) is 6.48. The molecule has 0 saturated carbocycles. The molecule has 0 radical (unpaired) electrons. The van der Waals surface area contributed by atoms with Crippen LogP contribution in [-0.4, -0.2) is 75.6 Å². The molecule has 37 heavy (non-hydrogen) atoms. The van der Waals surface area contributed by atoms with Gasteiger partial charge in [-0.15, -0.1) is 0 Å². The van der Waals surface area contributed by atoms with Crippen LogP contribution >= 0.6 is 0 Å². The molecule has 1 fully saturated rings. The van der Waals surface area contributed by atoms with Crippen LogP contribution in [0.1, 0.15) is 31.8 Å². The molecular weight excluding hydrogens is 472 g/mol. The van der Waals surface area contributed by atoms with Crippen LogP contribution in [0.3, 0.4) is 0 Å². The van der Waals surface area contributed by atoms with E-state index in [1.54, 1.807) is 41.6 Å². The molecule has 3 aromatic rings. The lowest BCUT2D eigenvalue weighted by atomic mass is 10.1. The fourth-order valence-electron chi connectivity index (χ4n) is 4.55. The van der Waals surface area contributed by atoms with E-state index in [0.717, 1.165) is 16.0 Å². The number of rotatable bonds is 7. The molecule has 9 heteroatoms. The molecule has 188 valence electrons. The second kappa shape index (κ2) is 10.7. The average Bonchev–Trinajstić information content (AvgIpc) is 3.05. The van der Waals surface area contributed by atoms with Crippen LogP contribution < -0.4 is 0 Å². The van der Waals surface area contributed by atoms with Crippen molar-refractivity contribution in [2.24, 2.45) is 0 Å². The number of hydrogen-bond donors (Lipinski definition) is 0. The van der Waals surface area contributed by atoms with E-state index >= 15 is 0 Å². The predicted octanol–water partition coefficient (Wildman–Crippen LogP) is 2.13. The number of aromatic nitrogens is 1. The molecule has 1 atom stereocenters. The summed E-state index contributed by atoms with van der Waals surface area (Å²) in [4.78, 5) is 60.2. The molecule has 4 amide bonds. The maximum atomic E-state index is 13.3. The van der Waals surface area contributed by atoms with Gasteiger partial charge in [-0.3, -0.25) is 29.1 Å². The van der Waals surface area contributed by atoms with E-state index < -0.39 is 30.4 Å². The van der Waals surface area contributed by atoms with E-state index in [9.17, 15) is 19.2 Å². The van der Waals surface area contributed by atoms with Crippen LogP contribution in [0, 0.1) is 0 Å². The number of carbonyl (C=O) groups is 4. The maximum absolute atomic E-state index is 13.3. The van der Waals surface area contributed by atoms with E-state index in [2.05, 4.69) is 4.98 Å². The van der Waals surface area contributed by atoms with Gasteiger partial charge in [0.25, 0.3) is 11.8 Å². The van der Waals surface area contributed by atoms with Gasteiger partial charge in [0.2, 0.25) is 11.8 Å². The number of nitrogens with zero attached hydrogens (tertiary/aromatic N) is 4. The summed E-state index contributed by atoms with van der Waals surface area (Å²) < 4.78 is 6.13.